The number of ether oxygens (including phenoxy) is 1. The van der Waals surface area contributed by atoms with Crippen LogP contribution in [-0.2, 0) is 19.1 Å². The molecule has 2 aromatic carbocycles. The Kier molecular flexibility index (Phi) is 10.3. The highest BCUT2D eigenvalue weighted by Crippen LogP contribution is 2.31. The fourth-order valence-electron chi connectivity index (χ4n) is 3.68. The number of anilines is 1. The molecule has 2 atom stereocenters. The molecule has 2 aromatic rings. The van der Waals surface area contributed by atoms with Gasteiger partial charge >= 0.3 is 6.09 Å². The summed E-state index contributed by atoms with van der Waals surface area (Å²) in [4.78, 5) is 52.3. The third-order valence-electron chi connectivity index (χ3n) is 5.56. The Morgan fingerprint density at radius 1 is 1.15 bits per heavy atom. The van der Waals surface area contributed by atoms with Crippen molar-refractivity contribution in [3.63, 3.8) is 0 Å². The first kappa shape index (κ1) is 31.0. The number of halogens is 1. The molecule has 5 N–H and O–H groups in total. The van der Waals surface area contributed by atoms with Gasteiger partial charge in [-0.1, -0.05) is 36.2 Å². The highest BCUT2D eigenvalue weighted by atomic mass is 35.5. The van der Waals surface area contributed by atoms with Gasteiger partial charge in [0.15, 0.2) is 0 Å². The predicted molar refractivity (Wildman–Crippen MR) is 148 cm³/mol. The van der Waals surface area contributed by atoms with Crippen LogP contribution in [0.1, 0.15) is 56.3 Å². The maximum absolute atomic E-state index is 13.8. The molecule has 0 saturated heterocycles. The zero-order valence-corrected chi connectivity index (χ0v) is 23.3. The van der Waals surface area contributed by atoms with E-state index in [0.29, 0.717) is 16.8 Å². The van der Waals surface area contributed by atoms with E-state index in [9.17, 15) is 24.3 Å². The van der Waals surface area contributed by atoms with E-state index in [1.54, 1.807) is 52.8 Å². The number of phenolic OH excluding ortho intramolecular Hbond substituents is 1. The average Bonchev–Trinajstić information content (AvgIpc) is 2.82. The van der Waals surface area contributed by atoms with Crippen LogP contribution >= 0.6 is 11.6 Å². The van der Waals surface area contributed by atoms with Crippen LogP contribution in [0.2, 0.25) is 5.02 Å². The van der Waals surface area contributed by atoms with Crippen LogP contribution in [-0.4, -0.2) is 45.5 Å². The fraction of sp³-hybridized carbons (Fsp3) is 0.357. The van der Waals surface area contributed by atoms with Crippen molar-refractivity contribution in [1.29, 1.82) is 0 Å². The van der Waals surface area contributed by atoms with Crippen LogP contribution < -0.4 is 16.4 Å². The summed E-state index contributed by atoms with van der Waals surface area (Å²) in [7, 11) is 0. The van der Waals surface area contributed by atoms with Crippen LogP contribution in [0.5, 0.6) is 5.75 Å². The molecule has 0 heterocycles. The number of alkyl carbamates (subject to hydrolysis) is 1. The Morgan fingerprint density at radius 3 is 2.36 bits per heavy atom. The molecule has 0 bridgehead atoms. The lowest BCUT2D eigenvalue weighted by Crippen LogP contribution is -2.51. The Hall–Kier alpha value is -4.23. The number of hydrogen-bond donors (Lipinski definition) is 4. The number of hydrogen-bond acceptors (Lipinski definition) is 6. The molecule has 4 amide bonds. The Bertz CT molecular complexity index is 1280. The first-order valence-corrected chi connectivity index (χ1v) is 12.4. The average molecular weight is 557 g/mol. The number of nitrogens with zero attached hydrogens (tertiary/aromatic N) is 1. The van der Waals surface area contributed by atoms with Gasteiger partial charge in [-0.15, -0.1) is 0 Å². The minimum Gasteiger partial charge on any atom is -0.508 e. The second-order valence-corrected chi connectivity index (χ2v) is 10.3. The quantitative estimate of drug-likeness (QED) is 0.271. The molecule has 11 heteroatoms. The van der Waals surface area contributed by atoms with Gasteiger partial charge in [0, 0.05) is 12.5 Å². The predicted octanol–water partition coefficient (Wildman–Crippen LogP) is 3.92. The van der Waals surface area contributed by atoms with E-state index in [1.807, 2.05) is 0 Å². The molecule has 0 fully saturated rings. The minimum atomic E-state index is -1.41. The van der Waals surface area contributed by atoms with Crippen LogP contribution in [0.15, 0.2) is 36.4 Å². The summed E-state index contributed by atoms with van der Waals surface area (Å²) in [6.45, 7) is 8.30. The number of phenols is 1. The molecular formula is C28H33ClN4O6. The van der Waals surface area contributed by atoms with Gasteiger partial charge in [0.05, 0.1) is 10.7 Å². The van der Waals surface area contributed by atoms with Crippen LogP contribution in [0.25, 0.3) is 0 Å². The first-order valence-electron chi connectivity index (χ1n) is 12.1. The van der Waals surface area contributed by atoms with E-state index in [-0.39, 0.29) is 29.2 Å². The third kappa shape index (κ3) is 8.65. The lowest BCUT2D eigenvalue weighted by molar-refractivity contribution is -0.137. The lowest BCUT2D eigenvalue weighted by Gasteiger charge is -2.30. The second-order valence-electron chi connectivity index (χ2n) is 9.91. The molecular weight excluding hydrogens is 524 g/mol. The molecule has 0 aliphatic heterocycles. The summed E-state index contributed by atoms with van der Waals surface area (Å²) < 4.78 is 5.26. The summed E-state index contributed by atoms with van der Waals surface area (Å²) >= 11 is 6.30. The maximum atomic E-state index is 13.8. The number of amides is 4. The molecule has 0 saturated carbocycles. The fourth-order valence-corrected chi connectivity index (χ4v) is 3.94. The molecule has 0 aromatic heterocycles. The van der Waals surface area contributed by atoms with Gasteiger partial charge in [-0.25, -0.2) is 4.79 Å². The highest BCUT2D eigenvalue weighted by molar-refractivity contribution is 6.34. The number of aromatic hydroxyl groups is 1. The molecule has 2 unspecified atom stereocenters. The minimum absolute atomic E-state index is 0.0237. The molecule has 0 spiro atoms. The largest absolute Gasteiger partial charge is 0.508 e. The van der Waals surface area contributed by atoms with Gasteiger partial charge in [0.25, 0.3) is 11.8 Å². The topological polar surface area (TPSA) is 151 Å². The van der Waals surface area contributed by atoms with Gasteiger partial charge < -0.3 is 26.2 Å². The molecule has 0 aliphatic carbocycles. The molecule has 0 aliphatic rings. The van der Waals surface area contributed by atoms with E-state index in [0.717, 1.165) is 4.90 Å². The number of aryl methyl sites for hydroxylation is 2. The van der Waals surface area contributed by atoms with Crippen LogP contribution in [0, 0.1) is 26.3 Å². The second kappa shape index (κ2) is 13.0. The van der Waals surface area contributed by atoms with Gasteiger partial charge in [0.2, 0.25) is 5.91 Å². The maximum Gasteiger partial charge on any atom is 0.408 e. The first-order chi connectivity index (χ1) is 18.1. The van der Waals surface area contributed by atoms with Crippen molar-refractivity contribution < 1.29 is 29.0 Å². The monoisotopic (exact) mass is 556 g/mol. The van der Waals surface area contributed by atoms with Gasteiger partial charge in [-0.3, -0.25) is 19.3 Å². The molecule has 208 valence electrons. The number of para-hydroxylation sites is 1. The van der Waals surface area contributed by atoms with E-state index in [2.05, 4.69) is 16.7 Å². The number of carbonyl (C=O) groups is 4. The summed E-state index contributed by atoms with van der Waals surface area (Å²) in [5.41, 5.74) is 6.12. The van der Waals surface area contributed by atoms with Crippen molar-refractivity contribution in [3.8, 4) is 18.2 Å². The van der Waals surface area contributed by atoms with Crippen molar-refractivity contribution in [3.05, 3.63) is 58.1 Å². The number of primary amides is 1. The van der Waals surface area contributed by atoms with E-state index < -0.39 is 41.5 Å². The van der Waals surface area contributed by atoms with Gasteiger partial charge in [-0.2, -0.15) is 0 Å². The van der Waals surface area contributed by atoms with Crippen molar-refractivity contribution >= 4 is 41.1 Å². The lowest BCUT2D eigenvalue weighted by atomic mass is 9.99. The Balaban J connectivity index is 2.55. The smallest absolute Gasteiger partial charge is 0.408 e. The standard InChI is InChI=1S/C28H33ClN4O6/c1-7-33(26(37)20(12-14-22(30)35)31-27(38)39-28(4,5)6)24(18-11-13-21(34)17(3)15-18)25(36)32-23-16(2)9-8-10-19(23)29/h1,8-11,13,15,20,24,34H,12,14H2,2-6H3,(H2,30,35)(H,31,38)(H,32,36). The number of terminal acetylenes is 1. The zero-order chi connectivity index (χ0) is 29.5. The van der Waals surface area contributed by atoms with Crippen molar-refractivity contribution in [2.24, 2.45) is 5.73 Å². The number of nitrogens with two attached hydrogens (primary N) is 1. The third-order valence-corrected chi connectivity index (χ3v) is 5.87. The number of rotatable bonds is 9. The number of carbonyl (C=O) groups excluding carboxylic acids is 4. The molecule has 0 radical (unpaired) electrons. The highest BCUT2D eigenvalue weighted by Gasteiger charge is 2.36. The summed E-state index contributed by atoms with van der Waals surface area (Å²) in [5, 5.41) is 15.5. The summed E-state index contributed by atoms with van der Waals surface area (Å²) in [6, 6.07) is 8.87. The van der Waals surface area contributed by atoms with Crippen LogP contribution in [0.3, 0.4) is 0 Å². The normalized spacial score (nSPS) is 12.4. The number of benzene rings is 2. The van der Waals surface area contributed by atoms with E-state index in [4.69, 9.17) is 28.5 Å². The van der Waals surface area contributed by atoms with E-state index in [1.165, 1.54) is 18.2 Å². The van der Waals surface area contributed by atoms with Gasteiger partial charge in [0.1, 0.15) is 23.4 Å². The Morgan fingerprint density at radius 2 is 1.82 bits per heavy atom. The van der Waals surface area contributed by atoms with Crippen molar-refractivity contribution in [2.75, 3.05) is 5.32 Å². The van der Waals surface area contributed by atoms with Crippen LogP contribution in [0.4, 0.5) is 10.5 Å². The van der Waals surface area contributed by atoms with E-state index >= 15 is 0 Å². The van der Waals surface area contributed by atoms with Crippen molar-refractivity contribution in [1.82, 2.24) is 10.2 Å². The molecule has 39 heavy (non-hydrogen) atoms. The van der Waals surface area contributed by atoms with Gasteiger partial charge in [-0.05, 0) is 75.9 Å². The Labute approximate surface area is 232 Å². The zero-order valence-electron chi connectivity index (χ0n) is 22.5. The summed E-state index contributed by atoms with van der Waals surface area (Å²) in [6.07, 6.45) is 4.39. The summed E-state index contributed by atoms with van der Waals surface area (Å²) in [5.74, 6) is -2.28. The molecule has 2 rings (SSSR count). The molecule has 10 nitrogen and oxygen atoms in total. The van der Waals surface area contributed by atoms with Crippen molar-refractivity contribution in [2.45, 2.75) is 65.1 Å². The number of nitrogens with one attached hydrogen (secondary N) is 2. The SMILES string of the molecule is C#CN(C(=O)C(CCC(N)=O)NC(=O)OC(C)(C)C)C(C(=O)Nc1c(C)cccc1Cl)c1ccc(O)c(C)c1.